The zero-order chi connectivity index (χ0) is 20.6. The summed E-state index contributed by atoms with van der Waals surface area (Å²) in [4.78, 5) is 15.9. The van der Waals surface area contributed by atoms with Gasteiger partial charge in [-0.3, -0.25) is 0 Å². The van der Waals surface area contributed by atoms with Crippen molar-refractivity contribution in [3.63, 3.8) is 0 Å². The topological polar surface area (TPSA) is 75.0 Å². The molecule has 0 aliphatic rings. The van der Waals surface area contributed by atoms with Crippen molar-refractivity contribution in [2.45, 2.75) is 6.18 Å². The first-order valence-electron chi connectivity index (χ1n) is 7.68. The van der Waals surface area contributed by atoms with E-state index >= 15 is 0 Å². The van der Waals surface area contributed by atoms with Gasteiger partial charge in [0, 0.05) is 5.56 Å². The molecule has 0 spiro atoms. The standard InChI is InChI=1S/C17H13ClF3N3O4/c1-26-10-5-4-8(6-11(10)27-2)9-7-12(17(19,20)21)24-15(22-9)13(18)14(23-24)16(25)28-3/h4-7H,1-3H3. The number of hydrogen-bond donors (Lipinski definition) is 0. The van der Waals surface area contributed by atoms with E-state index in [0.29, 0.717) is 21.6 Å². The number of carbonyl (C=O) groups is 1. The molecular formula is C17H13ClF3N3O4. The van der Waals surface area contributed by atoms with Crippen molar-refractivity contribution in [3.05, 3.63) is 40.7 Å². The number of hydrogen-bond acceptors (Lipinski definition) is 6. The summed E-state index contributed by atoms with van der Waals surface area (Å²) in [5, 5.41) is 3.28. The van der Waals surface area contributed by atoms with Gasteiger partial charge < -0.3 is 14.2 Å². The minimum Gasteiger partial charge on any atom is -0.493 e. The highest BCUT2D eigenvalue weighted by atomic mass is 35.5. The number of alkyl halides is 3. The molecule has 0 bridgehead atoms. The van der Waals surface area contributed by atoms with E-state index in [-0.39, 0.29) is 16.4 Å². The molecule has 0 radical (unpaired) electrons. The molecule has 2 heterocycles. The van der Waals surface area contributed by atoms with E-state index < -0.39 is 23.5 Å². The van der Waals surface area contributed by atoms with Crippen molar-refractivity contribution in [2.75, 3.05) is 21.3 Å². The maximum atomic E-state index is 13.6. The molecule has 0 atom stereocenters. The Morgan fingerprint density at radius 3 is 2.36 bits per heavy atom. The van der Waals surface area contributed by atoms with Gasteiger partial charge in [0.25, 0.3) is 0 Å². The van der Waals surface area contributed by atoms with Crippen molar-refractivity contribution in [3.8, 4) is 22.8 Å². The predicted octanol–water partition coefficient (Wildman–Crippen LogP) is 3.87. The number of esters is 1. The largest absolute Gasteiger partial charge is 0.493 e. The number of halogens is 4. The van der Waals surface area contributed by atoms with Crippen LogP contribution in [0.5, 0.6) is 11.5 Å². The van der Waals surface area contributed by atoms with E-state index in [2.05, 4.69) is 14.8 Å². The van der Waals surface area contributed by atoms with Crippen LogP contribution in [-0.2, 0) is 10.9 Å². The molecule has 11 heteroatoms. The molecule has 0 saturated carbocycles. The van der Waals surface area contributed by atoms with Gasteiger partial charge >= 0.3 is 12.1 Å². The first-order chi connectivity index (χ1) is 13.2. The van der Waals surface area contributed by atoms with E-state index in [9.17, 15) is 18.0 Å². The van der Waals surface area contributed by atoms with Crippen molar-refractivity contribution in [2.24, 2.45) is 0 Å². The Labute approximate surface area is 161 Å². The smallest absolute Gasteiger partial charge is 0.433 e. The Morgan fingerprint density at radius 2 is 1.79 bits per heavy atom. The van der Waals surface area contributed by atoms with E-state index in [1.807, 2.05) is 0 Å². The highest BCUT2D eigenvalue weighted by molar-refractivity contribution is 6.36. The zero-order valence-corrected chi connectivity index (χ0v) is 15.6. The molecule has 0 fully saturated rings. The van der Waals surface area contributed by atoms with E-state index in [1.54, 1.807) is 0 Å². The molecular weight excluding hydrogens is 403 g/mol. The van der Waals surface area contributed by atoms with Crippen molar-refractivity contribution >= 4 is 23.2 Å². The van der Waals surface area contributed by atoms with Gasteiger partial charge in [-0.2, -0.15) is 18.3 Å². The number of aromatic nitrogens is 3. The van der Waals surface area contributed by atoms with E-state index in [4.69, 9.17) is 21.1 Å². The van der Waals surface area contributed by atoms with Gasteiger partial charge in [0.1, 0.15) is 5.02 Å². The summed E-state index contributed by atoms with van der Waals surface area (Å²) in [5.74, 6) is -0.264. The lowest BCUT2D eigenvalue weighted by molar-refractivity contribution is -0.142. The van der Waals surface area contributed by atoms with Crippen LogP contribution in [-0.4, -0.2) is 41.9 Å². The number of rotatable bonds is 4. The van der Waals surface area contributed by atoms with Crippen LogP contribution < -0.4 is 9.47 Å². The van der Waals surface area contributed by atoms with Crippen LogP contribution in [0, 0.1) is 0 Å². The summed E-state index contributed by atoms with van der Waals surface area (Å²) < 4.78 is 56.1. The second-order valence-corrected chi connectivity index (χ2v) is 5.86. The fourth-order valence-electron chi connectivity index (χ4n) is 2.56. The van der Waals surface area contributed by atoms with Gasteiger partial charge in [0.15, 0.2) is 28.5 Å². The maximum absolute atomic E-state index is 13.6. The lowest BCUT2D eigenvalue weighted by atomic mass is 10.1. The van der Waals surface area contributed by atoms with E-state index in [0.717, 1.165) is 13.2 Å². The maximum Gasteiger partial charge on any atom is 0.433 e. The van der Waals surface area contributed by atoms with Crippen LogP contribution >= 0.6 is 11.6 Å². The Hall–Kier alpha value is -3.01. The zero-order valence-electron chi connectivity index (χ0n) is 14.8. The Kier molecular flexibility index (Phi) is 5.07. The highest BCUT2D eigenvalue weighted by Crippen LogP contribution is 2.37. The number of fused-ring (bicyclic) bond motifs is 1. The third kappa shape index (κ3) is 3.31. The van der Waals surface area contributed by atoms with Crippen LogP contribution in [0.4, 0.5) is 13.2 Å². The van der Waals surface area contributed by atoms with Gasteiger partial charge in [-0.15, -0.1) is 0 Å². The molecule has 0 aliphatic heterocycles. The second kappa shape index (κ2) is 7.19. The number of carbonyl (C=O) groups excluding carboxylic acids is 1. The number of nitrogens with zero attached hydrogens (tertiary/aromatic N) is 3. The summed E-state index contributed by atoms with van der Waals surface area (Å²) in [6.45, 7) is 0. The molecule has 0 saturated heterocycles. The third-order valence-electron chi connectivity index (χ3n) is 3.88. The molecule has 0 unspecified atom stereocenters. The van der Waals surface area contributed by atoms with Crippen LogP contribution in [0.1, 0.15) is 16.2 Å². The molecule has 3 aromatic rings. The average molecular weight is 416 g/mol. The van der Waals surface area contributed by atoms with Gasteiger partial charge in [-0.05, 0) is 24.3 Å². The Balaban J connectivity index is 2.30. The fourth-order valence-corrected chi connectivity index (χ4v) is 2.80. The second-order valence-electron chi connectivity index (χ2n) is 5.48. The molecule has 2 aromatic heterocycles. The molecule has 7 nitrogen and oxygen atoms in total. The fraction of sp³-hybridized carbons (Fsp3) is 0.235. The number of ether oxygens (including phenoxy) is 3. The van der Waals surface area contributed by atoms with Crippen LogP contribution in [0.15, 0.2) is 24.3 Å². The van der Waals surface area contributed by atoms with Gasteiger partial charge in [0.05, 0.1) is 27.0 Å². The summed E-state index contributed by atoms with van der Waals surface area (Å²) in [6.07, 6.45) is -4.78. The summed E-state index contributed by atoms with van der Waals surface area (Å²) >= 11 is 6.06. The SMILES string of the molecule is COC(=O)c1nn2c(C(F)(F)F)cc(-c3ccc(OC)c(OC)c3)nc2c1Cl. The molecule has 3 rings (SSSR count). The van der Waals surface area contributed by atoms with Gasteiger partial charge in [0.2, 0.25) is 0 Å². The number of benzene rings is 1. The highest BCUT2D eigenvalue weighted by Gasteiger charge is 2.37. The first kappa shape index (κ1) is 19.7. The molecule has 28 heavy (non-hydrogen) atoms. The molecule has 0 aliphatic carbocycles. The molecule has 1 aromatic carbocycles. The number of methoxy groups -OCH3 is 3. The molecule has 0 N–H and O–H groups in total. The predicted molar refractivity (Wildman–Crippen MR) is 92.9 cm³/mol. The normalized spacial score (nSPS) is 11.5. The first-order valence-corrected chi connectivity index (χ1v) is 8.06. The van der Waals surface area contributed by atoms with Gasteiger partial charge in [-0.1, -0.05) is 11.6 Å². The lowest BCUT2D eigenvalue weighted by Crippen LogP contribution is -2.14. The quantitative estimate of drug-likeness (QED) is 0.602. The van der Waals surface area contributed by atoms with Crippen molar-refractivity contribution < 1.29 is 32.2 Å². The summed E-state index contributed by atoms with van der Waals surface area (Å²) in [5.41, 5.74) is -1.67. The van der Waals surface area contributed by atoms with Crippen LogP contribution in [0.3, 0.4) is 0 Å². The summed E-state index contributed by atoms with van der Waals surface area (Å²) in [7, 11) is 3.90. The van der Waals surface area contributed by atoms with Crippen LogP contribution in [0.25, 0.3) is 16.9 Å². The molecule has 148 valence electrons. The minimum absolute atomic E-state index is 0.0426. The molecule has 0 amide bonds. The van der Waals surface area contributed by atoms with E-state index in [1.165, 1.54) is 32.4 Å². The monoisotopic (exact) mass is 415 g/mol. The van der Waals surface area contributed by atoms with Crippen molar-refractivity contribution in [1.29, 1.82) is 0 Å². The Bertz CT molecular complexity index is 1070. The Morgan fingerprint density at radius 1 is 1.11 bits per heavy atom. The minimum atomic E-state index is -4.78. The van der Waals surface area contributed by atoms with Gasteiger partial charge in [-0.25, -0.2) is 14.3 Å². The average Bonchev–Trinajstić information content (AvgIpc) is 3.01. The van der Waals surface area contributed by atoms with Crippen LogP contribution in [0.2, 0.25) is 5.02 Å². The van der Waals surface area contributed by atoms with Crippen molar-refractivity contribution in [1.82, 2.24) is 14.6 Å². The third-order valence-corrected chi connectivity index (χ3v) is 4.23. The summed E-state index contributed by atoms with van der Waals surface area (Å²) in [6, 6.07) is 5.33. The lowest BCUT2D eigenvalue weighted by Gasteiger charge is -2.12.